The van der Waals surface area contributed by atoms with E-state index in [0.717, 1.165) is 44.5 Å². The topological polar surface area (TPSA) is 55.5 Å². The van der Waals surface area contributed by atoms with Gasteiger partial charge in [-0.15, -0.1) is 0 Å². The minimum absolute atomic E-state index is 0.533. The molecule has 0 saturated heterocycles. The van der Waals surface area contributed by atoms with Crippen molar-refractivity contribution in [3.8, 4) is 0 Å². The highest BCUT2D eigenvalue weighted by atomic mass is 16.6. The van der Waals surface area contributed by atoms with Crippen LogP contribution in [0.1, 0.15) is 0 Å². The molecule has 0 aliphatic carbocycles. The quantitative estimate of drug-likeness (QED) is 0.421. The number of hydrogen-bond acceptors (Lipinski definition) is 5. The van der Waals surface area contributed by atoms with Gasteiger partial charge in [0.25, 0.3) is 0 Å². The van der Waals surface area contributed by atoms with Gasteiger partial charge in [0.1, 0.15) is 23.0 Å². The number of hydrogen-bond donors (Lipinski definition) is 0. The standard InChI is InChI=1S/C20H21N5O/c1-24(2)12-13-26-23-18-14-8-4-6-10-16(14)19-20(22-25(3)21-19)17-11-7-5-9-15(17)18/h4-11H,12-13H2,1-3H3. The normalized spacial score (nSPS) is 11.5. The van der Waals surface area contributed by atoms with E-state index in [2.05, 4.69) is 44.5 Å². The van der Waals surface area contributed by atoms with Crippen molar-refractivity contribution in [1.82, 2.24) is 19.9 Å². The molecule has 0 unspecified atom stereocenters. The SMILES string of the molecule is CN(C)CCON=c1c2ccccc2c2nn(C)nc2c2ccccc12. The first-order valence-corrected chi connectivity index (χ1v) is 8.60. The van der Waals surface area contributed by atoms with Crippen molar-refractivity contribution >= 4 is 32.6 Å². The van der Waals surface area contributed by atoms with Crippen molar-refractivity contribution in [1.29, 1.82) is 0 Å². The van der Waals surface area contributed by atoms with E-state index in [4.69, 9.17) is 4.84 Å². The summed E-state index contributed by atoms with van der Waals surface area (Å²) in [6, 6.07) is 16.3. The molecular weight excluding hydrogens is 326 g/mol. The van der Waals surface area contributed by atoms with Gasteiger partial charge >= 0.3 is 0 Å². The maximum Gasteiger partial charge on any atom is 0.129 e. The van der Waals surface area contributed by atoms with Crippen molar-refractivity contribution in [3.05, 3.63) is 53.9 Å². The van der Waals surface area contributed by atoms with E-state index in [1.165, 1.54) is 0 Å². The third-order valence-electron chi connectivity index (χ3n) is 4.37. The third kappa shape index (κ3) is 2.88. The number of rotatable bonds is 4. The molecule has 0 saturated carbocycles. The summed E-state index contributed by atoms with van der Waals surface area (Å²) in [5, 5.41) is 18.6. The molecule has 6 heteroatoms. The predicted molar refractivity (Wildman–Crippen MR) is 104 cm³/mol. The minimum Gasteiger partial charge on any atom is -0.394 e. The van der Waals surface area contributed by atoms with Crippen LogP contribution in [0.5, 0.6) is 0 Å². The lowest BCUT2D eigenvalue weighted by atomic mass is 10.1. The summed E-state index contributed by atoms with van der Waals surface area (Å²) in [6.07, 6.45) is 0. The van der Waals surface area contributed by atoms with E-state index in [-0.39, 0.29) is 0 Å². The first-order valence-electron chi connectivity index (χ1n) is 8.60. The lowest BCUT2D eigenvalue weighted by Crippen LogP contribution is -2.17. The zero-order chi connectivity index (χ0) is 18.1. The number of benzene rings is 2. The summed E-state index contributed by atoms with van der Waals surface area (Å²) in [4.78, 5) is 9.34. The second-order valence-corrected chi connectivity index (χ2v) is 6.55. The second kappa shape index (κ2) is 6.72. The average molecular weight is 347 g/mol. The van der Waals surface area contributed by atoms with Gasteiger partial charge in [0.15, 0.2) is 0 Å². The molecule has 6 nitrogen and oxygen atoms in total. The molecule has 0 radical (unpaired) electrons. The van der Waals surface area contributed by atoms with Gasteiger partial charge in [-0.2, -0.15) is 15.0 Å². The average Bonchev–Trinajstić information content (AvgIpc) is 2.99. The van der Waals surface area contributed by atoms with Crippen LogP contribution in [0.4, 0.5) is 0 Å². The minimum atomic E-state index is 0.533. The fourth-order valence-electron chi connectivity index (χ4n) is 3.14. The Bertz CT molecular complexity index is 1080. The summed E-state index contributed by atoms with van der Waals surface area (Å²) >= 11 is 0. The second-order valence-electron chi connectivity index (χ2n) is 6.55. The van der Waals surface area contributed by atoms with E-state index in [1.54, 1.807) is 4.80 Å². The molecule has 4 aromatic rings. The molecule has 0 atom stereocenters. The predicted octanol–water partition coefficient (Wildman–Crippen LogP) is 2.67. The monoisotopic (exact) mass is 347 g/mol. The highest BCUT2D eigenvalue weighted by molar-refractivity contribution is 6.13. The summed E-state index contributed by atoms with van der Waals surface area (Å²) in [5.41, 5.74) is 1.74. The van der Waals surface area contributed by atoms with Crippen molar-refractivity contribution in [2.45, 2.75) is 0 Å². The molecule has 1 heterocycles. The van der Waals surface area contributed by atoms with Gasteiger partial charge in [0, 0.05) is 35.1 Å². The Morgan fingerprint density at radius 3 is 1.88 bits per heavy atom. The first-order chi connectivity index (χ1) is 12.6. The number of likely N-dealkylation sites (N-methyl/N-ethyl adjacent to an activating group) is 1. The van der Waals surface area contributed by atoms with Gasteiger partial charge in [0.2, 0.25) is 0 Å². The maximum absolute atomic E-state index is 5.65. The fourth-order valence-corrected chi connectivity index (χ4v) is 3.14. The van der Waals surface area contributed by atoms with Crippen LogP contribution in [0.15, 0.2) is 53.7 Å². The summed E-state index contributed by atoms with van der Waals surface area (Å²) in [6.45, 7) is 1.34. The van der Waals surface area contributed by atoms with Crippen molar-refractivity contribution in [3.63, 3.8) is 0 Å². The van der Waals surface area contributed by atoms with E-state index in [1.807, 2.05) is 45.4 Å². The molecule has 0 spiro atoms. The Labute approximate surface area is 151 Å². The fraction of sp³-hybridized carbons (Fsp3) is 0.250. The Morgan fingerprint density at radius 2 is 1.38 bits per heavy atom. The number of nitrogens with zero attached hydrogens (tertiary/aromatic N) is 5. The molecule has 0 N–H and O–H groups in total. The van der Waals surface area contributed by atoms with E-state index >= 15 is 0 Å². The van der Waals surface area contributed by atoms with E-state index in [0.29, 0.717) is 6.61 Å². The Balaban J connectivity index is 2.11. The van der Waals surface area contributed by atoms with E-state index in [9.17, 15) is 0 Å². The van der Waals surface area contributed by atoms with Crippen LogP contribution < -0.4 is 5.36 Å². The molecule has 0 bridgehead atoms. The van der Waals surface area contributed by atoms with Crippen LogP contribution in [-0.4, -0.2) is 47.1 Å². The molecule has 0 amide bonds. The number of aryl methyl sites for hydroxylation is 1. The molecule has 26 heavy (non-hydrogen) atoms. The van der Waals surface area contributed by atoms with Crippen LogP contribution in [0, 0.1) is 0 Å². The van der Waals surface area contributed by atoms with Gasteiger partial charge in [0.05, 0.1) is 0 Å². The molecule has 0 aliphatic heterocycles. The molecular formula is C20H21N5O. The van der Waals surface area contributed by atoms with Gasteiger partial charge in [-0.1, -0.05) is 53.7 Å². The van der Waals surface area contributed by atoms with Gasteiger partial charge in [-0.3, -0.25) is 0 Å². The van der Waals surface area contributed by atoms with Crippen LogP contribution in [0.3, 0.4) is 0 Å². The molecule has 4 rings (SSSR count). The lowest BCUT2D eigenvalue weighted by molar-refractivity contribution is 0.117. The third-order valence-corrected chi connectivity index (χ3v) is 4.37. The van der Waals surface area contributed by atoms with Crippen molar-refractivity contribution in [2.75, 3.05) is 27.2 Å². The molecule has 0 fully saturated rings. The van der Waals surface area contributed by atoms with Crippen LogP contribution in [0.2, 0.25) is 0 Å². The maximum atomic E-state index is 5.65. The summed E-state index contributed by atoms with van der Waals surface area (Å²) in [7, 11) is 5.88. The summed E-state index contributed by atoms with van der Waals surface area (Å²) < 4.78 is 0. The molecule has 1 aromatic heterocycles. The number of aromatic nitrogens is 3. The van der Waals surface area contributed by atoms with Gasteiger partial charge in [-0.05, 0) is 14.1 Å². The largest absolute Gasteiger partial charge is 0.394 e. The zero-order valence-corrected chi connectivity index (χ0v) is 15.2. The Hall–Kier alpha value is -2.99. The smallest absolute Gasteiger partial charge is 0.129 e. The van der Waals surface area contributed by atoms with Gasteiger partial charge in [-0.25, -0.2) is 0 Å². The van der Waals surface area contributed by atoms with Gasteiger partial charge < -0.3 is 9.74 Å². The van der Waals surface area contributed by atoms with Crippen LogP contribution in [0.25, 0.3) is 32.6 Å². The van der Waals surface area contributed by atoms with Crippen LogP contribution >= 0.6 is 0 Å². The highest BCUT2D eigenvalue weighted by Crippen LogP contribution is 2.25. The Kier molecular flexibility index (Phi) is 4.26. The first kappa shape index (κ1) is 16.5. The summed E-state index contributed by atoms with van der Waals surface area (Å²) in [5.74, 6) is 0. The molecule has 0 aliphatic rings. The van der Waals surface area contributed by atoms with Crippen molar-refractivity contribution < 1.29 is 4.84 Å². The van der Waals surface area contributed by atoms with E-state index < -0.39 is 0 Å². The zero-order valence-electron chi connectivity index (χ0n) is 15.2. The highest BCUT2D eigenvalue weighted by Gasteiger charge is 2.11. The Morgan fingerprint density at radius 1 is 0.885 bits per heavy atom. The van der Waals surface area contributed by atoms with Crippen molar-refractivity contribution in [2.24, 2.45) is 12.2 Å². The number of fused-ring (bicyclic) bond motifs is 5. The molecule has 132 valence electrons. The molecule has 3 aromatic carbocycles. The van der Waals surface area contributed by atoms with Crippen LogP contribution in [-0.2, 0) is 11.9 Å². The lowest BCUT2D eigenvalue weighted by Gasteiger charge is -2.07.